The lowest BCUT2D eigenvalue weighted by Gasteiger charge is -2.22. The van der Waals surface area contributed by atoms with Crippen molar-refractivity contribution >= 4 is 23.6 Å². The van der Waals surface area contributed by atoms with Gasteiger partial charge in [0.2, 0.25) is 5.91 Å². The van der Waals surface area contributed by atoms with E-state index in [2.05, 4.69) is 5.32 Å². The molecule has 1 fully saturated rings. The molecule has 0 spiro atoms. The Morgan fingerprint density at radius 2 is 2.00 bits per heavy atom. The maximum absolute atomic E-state index is 11.5. The van der Waals surface area contributed by atoms with E-state index in [4.69, 9.17) is 4.74 Å². The van der Waals surface area contributed by atoms with E-state index >= 15 is 0 Å². The van der Waals surface area contributed by atoms with Gasteiger partial charge in [0.05, 0.1) is 13.0 Å². The Morgan fingerprint density at radius 1 is 1.31 bits per heavy atom. The molecule has 1 saturated heterocycles. The molecule has 4 nitrogen and oxygen atoms in total. The highest BCUT2D eigenvalue weighted by Crippen LogP contribution is 2.16. The SMILES string of the molecule is CCOC(=O)CCC(=O)NC1CCSCC1. The minimum absolute atomic E-state index is 0.0371. The van der Waals surface area contributed by atoms with Crippen molar-refractivity contribution in [3.63, 3.8) is 0 Å². The molecule has 0 atom stereocenters. The Labute approximate surface area is 100 Å². The molecule has 1 amide bonds. The highest BCUT2D eigenvalue weighted by molar-refractivity contribution is 7.99. The summed E-state index contributed by atoms with van der Waals surface area (Å²) in [5.41, 5.74) is 0. The third-order valence-corrected chi connectivity index (χ3v) is 3.50. The average molecular weight is 245 g/mol. The number of rotatable bonds is 5. The molecule has 92 valence electrons. The predicted molar refractivity (Wildman–Crippen MR) is 64.4 cm³/mol. The van der Waals surface area contributed by atoms with Crippen molar-refractivity contribution in [3.8, 4) is 0 Å². The van der Waals surface area contributed by atoms with Crippen LogP contribution >= 0.6 is 11.8 Å². The second-order valence-corrected chi connectivity index (χ2v) is 4.98. The van der Waals surface area contributed by atoms with E-state index < -0.39 is 0 Å². The zero-order valence-corrected chi connectivity index (χ0v) is 10.5. The monoisotopic (exact) mass is 245 g/mol. The van der Waals surface area contributed by atoms with Gasteiger partial charge < -0.3 is 10.1 Å². The lowest BCUT2D eigenvalue weighted by Crippen LogP contribution is -2.37. The topological polar surface area (TPSA) is 55.4 Å². The third-order valence-electron chi connectivity index (χ3n) is 2.45. The van der Waals surface area contributed by atoms with E-state index in [9.17, 15) is 9.59 Å². The van der Waals surface area contributed by atoms with Crippen LogP contribution < -0.4 is 5.32 Å². The average Bonchev–Trinajstić information content (AvgIpc) is 2.28. The smallest absolute Gasteiger partial charge is 0.306 e. The molecule has 1 rings (SSSR count). The molecular formula is C11H19NO3S. The van der Waals surface area contributed by atoms with E-state index in [1.54, 1.807) is 6.92 Å². The Bertz CT molecular complexity index is 239. The number of hydrogen-bond acceptors (Lipinski definition) is 4. The zero-order chi connectivity index (χ0) is 11.8. The molecule has 0 aliphatic carbocycles. The van der Waals surface area contributed by atoms with Gasteiger partial charge in [0.15, 0.2) is 0 Å². The fourth-order valence-electron chi connectivity index (χ4n) is 1.59. The van der Waals surface area contributed by atoms with Gasteiger partial charge in [0.25, 0.3) is 0 Å². The lowest BCUT2D eigenvalue weighted by molar-refractivity contribution is -0.144. The largest absolute Gasteiger partial charge is 0.466 e. The van der Waals surface area contributed by atoms with Crippen LogP contribution in [0.5, 0.6) is 0 Å². The van der Waals surface area contributed by atoms with Gasteiger partial charge in [-0.2, -0.15) is 11.8 Å². The minimum atomic E-state index is -0.295. The van der Waals surface area contributed by atoms with Crippen LogP contribution in [0.15, 0.2) is 0 Å². The van der Waals surface area contributed by atoms with Crippen molar-refractivity contribution in [2.24, 2.45) is 0 Å². The van der Waals surface area contributed by atoms with Crippen LogP contribution in [-0.4, -0.2) is 36.0 Å². The molecule has 0 radical (unpaired) electrons. The van der Waals surface area contributed by atoms with Crippen molar-refractivity contribution in [3.05, 3.63) is 0 Å². The zero-order valence-electron chi connectivity index (χ0n) is 9.66. The summed E-state index contributed by atoms with van der Waals surface area (Å²) in [5, 5.41) is 2.96. The van der Waals surface area contributed by atoms with Crippen LogP contribution in [-0.2, 0) is 14.3 Å². The van der Waals surface area contributed by atoms with Crippen LogP contribution in [0.4, 0.5) is 0 Å². The number of nitrogens with one attached hydrogen (secondary N) is 1. The second kappa shape index (κ2) is 7.54. The summed E-state index contributed by atoms with van der Waals surface area (Å²) in [6, 6.07) is 0.302. The summed E-state index contributed by atoms with van der Waals surface area (Å²) in [5.74, 6) is 1.90. The van der Waals surface area contributed by atoms with Crippen molar-refractivity contribution in [1.82, 2.24) is 5.32 Å². The molecule has 0 unspecified atom stereocenters. The van der Waals surface area contributed by atoms with Crippen molar-refractivity contribution in [2.75, 3.05) is 18.1 Å². The highest BCUT2D eigenvalue weighted by atomic mass is 32.2. The van der Waals surface area contributed by atoms with E-state index in [1.165, 1.54) is 0 Å². The van der Waals surface area contributed by atoms with E-state index in [1.807, 2.05) is 11.8 Å². The number of esters is 1. The second-order valence-electron chi connectivity index (χ2n) is 3.76. The first-order valence-corrected chi connectivity index (χ1v) is 6.90. The fraction of sp³-hybridized carbons (Fsp3) is 0.818. The third kappa shape index (κ3) is 5.39. The maximum atomic E-state index is 11.5. The first-order chi connectivity index (χ1) is 7.72. The summed E-state index contributed by atoms with van der Waals surface area (Å²) in [6.07, 6.45) is 2.50. The van der Waals surface area contributed by atoms with E-state index in [0.717, 1.165) is 24.3 Å². The number of amides is 1. The van der Waals surface area contributed by atoms with Gasteiger partial charge in [0.1, 0.15) is 0 Å². The van der Waals surface area contributed by atoms with Gasteiger partial charge in [-0.25, -0.2) is 0 Å². The molecule has 0 bridgehead atoms. The van der Waals surface area contributed by atoms with E-state index in [-0.39, 0.29) is 24.7 Å². The molecule has 0 saturated carbocycles. The summed E-state index contributed by atoms with van der Waals surface area (Å²) >= 11 is 1.93. The molecule has 1 aliphatic rings. The normalized spacial score (nSPS) is 16.8. The first-order valence-electron chi connectivity index (χ1n) is 5.75. The van der Waals surface area contributed by atoms with Gasteiger partial charge in [0, 0.05) is 12.5 Å². The predicted octanol–water partition coefficient (Wildman–Crippen LogP) is 1.34. The molecule has 1 aliphatic heterocycles. The van der Waals surface area contributed by atoms with Crippen LogP contribution in [0.3, 0.4) is 0 Å². The molecule has 1 N–H and O–H groups in total. The summed E-state index contributed by atoms with van der Waals surface area (Å²) < 4.78 is 4.76. The number of ether oxygens (including phenoxy) is 1. The van der Waals surface area contributed by atoms with E-state index in [0.29, 0.717) is 12.6 Å². The first kappa shape index (κ1) is 13.4. The quantitative estimate of drug-likeness (QED) is 0.743. The Balaban J connectivity index is 2.12. The van der Waals surface area contributed by atoms with Gasteiger partial charge in [-0.15, -0.1) is 0 Å². The van der Waals surface area contributed by atoms with Crippen molar-refractivity contribution < 1.29 is 14.3 Å². The molecule has 5 heteroatoms. The Hall–Kier alpha value is -0.710. The number of carbonyl (C=O) groups excluding carboxylic acids is 2. The van der Waals surface area contributed by atoms with Gasteiger partial charge in [-0.05, 0) is 31.3 Å². The van der Waals surface area contributed by atoms with Gasteiger partial charge in [-0.3, -0.25) is 9.59 Å². The molecule has 0 aromatic carbocycles. The summed E-state index contributed by atoms with van der Waals surface area (Å²) in [6.45, 7) is 2.14. The van der Waals surface area contributed by atoms with Crippen LogP contribution in [0, 0.1) is 0 Å². The standard InChI is InChI=1S/C11H19NO3S/c1-2-15-11(14)4-3-10(13)12-9-5-7-16-8-6-9/h9H,2-8H2,1H3,(H,12,13). The van der Waals surface area contributed by atoms with Gasteiger partial charge >= 0.3 is 5.97 Å². The Kier molecular flexibility index (Phi) is 6.30. The summed E-state index contributed by atoms with van der Waals surface area (Å²) in [4.78, 5) is 22.5. The molecule has 0 aromatic rings. The summed E-state index contributed by atoms with van der Waals surface area (Å²) in [7, 11) is 0. The fourth-order valence-corrected chi connectivity index (χ4v) is 2.70. The molecule has 0 aromatic heterocycles. The van der Waals surface area contributed by atoms with Crippen LogP contribution in [0.2, 0.25) is 0 Å². The van der Waals surface area contributed by atoms with Gasteiger partial charge in [-0.1, -0.05) is 0 Å². The Morgan fingerprint density at radius 3 is 2.62 bits per heavy atom. The number of carbonyl (C=O) groups is 2. The van der Waals surface area contributed by atoms with Crippen LogP contribution in [0.25, 0.3) is 0 Å². The lowest BCUT2D eigenvalue weighted by atomic mass is 10.1. The van der Waals surface area contributed by atoms with Crippen molar-refractivity contribution in [1.29, 1.82) is 0 Å². The number of thioether (sulfide) groups is 1. The maximum Gasteiger partial charge on any atom is 0.306 e. The van der Waals surface area contributed by atoms with Crippen LogP contribution in [0.1, 0.15) is 32.6 Å². The van der Waals surface area contributed by atoms with Crippen molar-refractivity contribution in [2.45, 2.75) is 38.6 Å². The highest BCUT2D eigenvalue weighted by Gasteiger charge is 2.16. The number of hydrogen-bond donors (Lipinski definition) is 1. The molecular weight excluding hydrogens is 226 g/mol. The molecule has 1 heterocycles. The minimum Gasteiger partial charge on any atom is -0.466 e. The molecule has 16 heavy (non-hydrogen) atoms.